The van der Waals surface area contributed by atoms with Crippen molar-refractivity contribution in [1.82, 2.24) is 5.32 Å². The molecule has 0 aliphatic carbocycles. The molecule has 1 unspecified atom stereocenters. The van der Waals surface area contributed by atoms with E-state index in [2.05, 4.69) is 23.3 Å². The zero-order chi connectivity index (χ0) is 18.5. The van der Waals surface area contributed by atoms with Gasteiger partial charge in [-0.2, -0.15) is 0 Å². The first-order valence-corrected chi connectivity index (χ1v) is 9.31. The van der Waals surface area contributed by atoms with E-state index in [0.29, 0.717) is 39.0 Å². The van der Waals surface area contributed by atoms with Crippen molar-refractivity contribution in [2.24, 2.45) is 4.99 Å². The fraction of sp³-hybridized carbons (Fsp3) is 0.381. The van der Waals surface area contributed by atoms with Crippen LogP contribution in [0.4, 0.5) is 0 Å². The van der Waals surface area contributed by atoms with E-state index < -0.39 is 0 Å². The van der Waals surface area contributed by atoms with Crippen molar-refractivity contribution in [1.29, 1.82) is 0 Å². The van der Waals surface area contributed by atoms with Gasteiger partial charge in [-0.15, -0.1) is 0 Å². The first-order valence-electron chi connectivity index (χ1n) is 9.31. The number of hydrogen-bond acceptors (Lipinski definition) is 6. The lowest BCUT2D eigenvalue weighted by atomic mass is 10.0. The first kappa shape index (κ1) is 17.5. The van der Waals surface area contributed by atoms with Crippen molar-refractivity contribution in [3.05, 3.63) is 53.6 Å². The van der Waals surface area contributed by atoms with Crippen molar-refractivity contribution < 1.29 is 18.9 Å². The predicted octanol–water partition coefficient (Wildman–Crippen LogP) is 3.25. The summed E-state index contributed by atoms with van der Waals surface area (Å²) in [5, 5.41) is 3.39. The Bertz CT molecular complexity index is 822. The van der Waals surface area contributed by atoms with Crippen LogP contribution in [0.15, 0.2) is 47.5 Å². The van der Waals surface area contributed by atoms with Crippen molar-refractivity contribution >= 4 is 6.02 Å². The molecule has 0 spiro atoms. The highest BCUT2D eigenvalue weighted by molar-refractivity contribution is 5.75. The van der Waals surface area contributed by atoms with Crippen molar-refractivity contribution in [3.8, 4) is 17.2 Å². The summed E-state index contributed by atoms with van der Waals surface area (Å²) in [6.45, 7) is 5.02. The molecule has 0 fully saturated rings. The maximum atomic E-state index is 5.95. The molecular weight excluding hydrogens is 344 g/mol. The molecule has 0 saturated carbocycles. The summed E-state index contributed by atoms with van der Waals surface area (Å²) in [7, 11) is 0. The third kappa shape index (κ3) is 4.27. The number of fused-ring (bicyclic) bond motifs is 1. The van der Waals surface area contributed by atoms with Crippen LogP contribution in [0.5, 0.6) is 17.2 Å². The number of nitrogens with zero attached hydrogens (tertiary/aromatic N) is 1. The molecule has 2 aromatic rings. The molecule has 2 aliphatic heterocycles. The van der Waals surface area contributed by atoms with Gasteiger partial charge in [0.25, 0.3) is 6.02 Å². The smallest absolute Gasteiger partial charge is 0.285 e. The van der Waals surface area contributed by atoms with Gasteiger partial charge in [-0.1, -0.05) is 24.3 Å². The Balaban J connectivity index is 1.50. The van der Waals surface area contributed by atoms with Crippen LogP contribution in [0.25, 0.3) is 0 Å². The second-order valence-electron chi connectivity index (χ2n) is 6.56. The third-order valence-electron chi connectivity index (χ3n) is 4.52. The van der Waals surface area contributed by atoms with Crippen LogP contribution in [0.2, 0.25) is 0 Å². The van der Waals surface area contributed by atoms with Gasteiger partial charge in [-0.3, -0.25) is 0 Å². The molecule has 142 valence electrons. The molecule has 1 atom stereocenters. The number of aryl methyl sites for hydroxylation is 1. The van der Waals surface area contributed by atoms with Gasteiger partial charge >= 0.3 is 0 Å². The second kappa shape index (κ2) is 8.20. The van der Waals surface area contributed by atoms with Gasteiger partial charge < -0.3 is 24.3 Å². The monoisotopic (exact) mass is 368 g/mol. The van der Waals surface area contributed by atoms with E-state index >= 15 is 0 Å². The lowest BCUT2D eigenvalue weighted by Crippen LogP contribution is -2.31. The molecule has 2 aromatic carbocycles. The van der Waals surface area contributed by atoms with Gasteiger partial charge in [-0.05, 0) is 30.7 Å². The average Bonchev–Trinajstić information content (AvgIpc) is 3.20. The van der Waals surface area contributed by atoms with Gasteiger partial charge in [-0.25, -0.2) is 4.99 Å². The van der Waals surface area contributed by atoms with Crippen molar-refractivity contribution in [2.75, 3.05) is 33.0 Å². The van der Waals surface area contributed by atoms with Crippen LogP contribution in [-0.4, -0.2) is 39.0 Å². The van der Waals surface area contributed by atoms with E-state index in [1.165, 1.54) is 5.56 Å². The molecule has 0 aromatic heterocycles. The number of aliphatic imine (C=N–C) groups is 1. The van der Waals surface area contributed by atoms with Gasteiger partial charge in [0.2, 0.25) is 0 Å². The van der Waals surface area contributed by atoms with Crippen LogP contribution in [-0.2, 0) is 4.74 Å². The highest BCUT2D eigenvalue weighted by atomic mass is 16.6. The maximum Gasteiger partial charge on any atom is 0.285 e. The Hall–Kier alpha value is -2.89. The third-order valence-corrected chi connectivity index (χ3v) is 4.52. The number of hydrogen-bond donors (Lipinski definition) is 1. The second-order valence-corrected chi connectivity index (χ2v) is 6.56. The zero-order valence-corrected chi connectivity index (χ0v) is 15.4. The normalized spacial score (nSPS) is 16.3. The Morgan fingerprint density at radius 1 is 1.07 bits per heavy atom. The summed E-state index contributed by atoms with van der Waals surface area (Å²) in [4.78, 5) is 4.36. The van der Waals surface area contributed by atoms with Crippen molar-refractivity contribution in [3.63, 3.8) is 0 Å². The molecule has 0 bridgehead atoms. The van der Waals surface area contributed by atoms with Crippen LogP contribution in [0.1, 0.15) is 23.6 Å². The van der Waals surface area contributed by atoms with Crippen LogP contribution >= 0.6 is 0 Å². The largest absolute Gasteiger partial charge is 0.493 e. The zero-order valence-electron chi connectivity index (χ0n) is 15.4. The minimum atomic E-state index is -0.0525. The molecule has 27 heavy (non-hydrogen) atoms. The lowest BCUT2D eigenvalue weighted by Gasteiger charge is -2.26. The van der Waals surface area contributed by atoms with E-state index in [1.54, 1.807) is 0 Å². The predicted molar refractivity (Wildman–Crippen MR) is 103 cm³/mol. The molecule has 1 N–H and O–H groups in total. The molecule has 0 saturated heterocycles. The molecule has 6 nitrogen and oxygen atoms in total. The fourth-order valence-electron chi connectivity index (χ4n) is 3.25. The number of ether oxygens (including phenoxy) is 4. The molecule has 4 rings (SSSR count). The van der Waals surface area contributed by atoms with Gasteiger partial charge in [0.05, 0.1) is 19.2 Å². The van der Waals surface area contributed by atoms with Gasteiger partial charge in [0.15, 0.2) is 11.5 Å². The lowest BCUT2D eigenvalue weighted by molar-refractivity contribution is 0.168. The number of benzene rings is 2. The van der Waals surface area contributed by atoms with Crippen LogP contribution < -0.4 is 19.5 Å². The molecule has 2 aliphatic rings. The SMILES string of the molecule is Cc1cccc(OCCC(NC2=NCCO2)c2cccc3c2OCCO3)c1. The quantitative estimate of drug-likeness (QED) is 0.848. The van der Waals surface area contributed by atoms with E-state index in [0.717, 1.165) is 29.2 Å². The fourth-order valence-corrected chi connectivity index (χ4v) is 3.25. The average molecular weight is 368 g/mol. The topological polar surface area (TPSA) is 61.3 Å². The van der Waals surface area contributed by atoms with E-state index in [4.69, 9.17) is 18.9 Å². The number of rotatable bonds is 6. The van der Waals surface area contributed by atoms with E-state index in [1.807, 2.05) is 36.4 Å². The molecule has 6 heteroatoms. The Kier molecular flexibility index (Phi) is 5.32. The van der Waals surface area contributed by atoms with Crippen molar-refractivity contribution in [2.45, 2.75) is 19.4 Å². The highest BCUT2D eigenvalue weighted by Crippen LogP contribution is 2.38. The Labute approximate surface area is 159 Å². The van der Waals surface area contributed by atoms with E-state index in [9.17, 15) is 0 Å². The summed E-state index contributed by atoms with van der Waals surface area (Å²) < 4.78 is 23.1. The highest BCUT2D eigenvalue weighted by Gasteiger charge is 2.24. The summed E-state index contributed by atoms with van der Waals surface area (Å²) in [6.07, 6.45) is 0.732. The van der Waals surface area contributed by atoms with Crippen LogP contribution in [0.3, 0.4) is 0 Å². The standard InChI is InChI=1S/C21H24N2O4/c1-15-4-2-5-16(14-15)24-10-8-18(23-21-22-9-11-27-21)17-6-3-7-19-20(17)26-13-12-25-19/h2-7,14,18H,8-13H2,1H3,(H,22,23). The summed E-state index contributed by atoms with van der Waals surface area (Å²) in [5.41, 5.74) is 2.21. The van der Waals surface area contributed by atoms with Crippen LogP contribution in [0, 0.1) is 6.92 Å². The Morgan fingerprint density at radius 3 is 2.81 bits per heavy atom. The number of nitrogens with one attached hydrogen (secondary N) is 1. The summed E-state index contributed by atoms with van der Waals surface area (Å²) in [6, 6.07) is 14.6. The van der Waals surface area contributed by atoms with E-state index in [-0.39, 0.29) is 6.04 Å². The minimum Gasteiger partial charge on any atom is -0.493 e. The minimum absolute atomic E-state index is 0.0525. The summed E-state index contributed by atoms with van der Waals surface area (Å²) >= 11 is 0. The number of amidine groups is 1. The Morgan fingerprint density at radius 2 is 1.96 bits per heavy atom. The van der Waals surface area contributed by atoms with Gasteiger partial charge in [0.1, 0.15) is 25.6 Å². The molecule has 0 radical (unpaired) electrons. The molecular formula is C21H24N2O4. The van der Waals surface area contributed by atoms with Gasteiger partial charge in [0, 0.05) is 12.0 Å². The first-order chi connectivity index (χ1) is 13.3. The number of para-hydroxylation sites is 1. The summed E-state index contributed by atoms with van der Waals surface area (Å²) in [5.74, 6) is 2.44. The molecule has 0 amide bonds. The maximum absolute atomic E-state index is 5.95. The molecule has 2 heterocycles.